The van der Waals surface area contributed by atoms with Crippen molar-refractivity contribution in [3.63, 3.8) is 0 Å². The van der Waals surface area contributed by atoms with Crippen LogP contribution in [0, 0.1) is 0 Å². The zero-order chi connectivity index (χ0) is 12.3. The van der Waals surface area contributed by atoms with Crippen LogP contribution in [0.5, 0.6) is 0 Å². The van der Waals surface area contributed by atoms with E-state index >= 15 is 0 Å². The van der Waals surface area contributed by atoms with Crippen molar-refractivity contribution in [2.24, 2.45) is 0 Å². The molecule has 0 saturated heterocycles. The maximum atomic E-state index is 11.1. The third-order valence-corrected chi connectivity index (χ3v) is 2.91. The number of hydrogen-bond acceptors (Lipinski definition) is 1. The molecule has 0 aliphatic rings. The van der Waals surface area contributed by atoms with Gasteiger partial charge in [-0.1, -0.05) is 42.5 Å². The van der Waals surface area contributed by atoms with Crippen molar-refractivity contribution in [2.45, 2.75) is 6.92 Å². The van der Waals surface area contributed by atoms with Crippen LogP contribution in [0.25, 0.3) is 11.1 Å². The summed E-state index contributed by atoms with van der Waals surface area (Å²) < 4.78 is 1.11. The summed E-state index contributed by atoms with van der Waals surface area (Å²) in [5.74, 6) is -0.195. The number of benzene rings is 2. The maximum absolute atomic E-state index is 11.1. The van der Waals surface area contributed by atoms with Gasteiger partial charge in [0.05, 0.1) is 5.69 Å². The summed E-state index contributed by atoms with van der Waals surface area (Å²) in [6.45, 7) is 1.43. The Kier molecular flexibility index (Phi) is 3.45. The molecule has 2 nitrogen and oxygen atoms in total. The first kappa shape index (κ1) is 11.7. The summed E-state index contributed by atoms with van der Waals surface area (Å²) in [6, 6.07) is 17.6. The van der Waals surface area contributed by atoms with Gasteiger partial charge in [0.1, 0.15) is 0 Å². The van der Waals surface area contributed by atoms with E-state index in [1.54, 1.807) is 0 Å². The SMILES string of the molecule is CC(=O)N(Cl)c1ccc(-c2ccccc2)cc1. The van der Waals surface area contributed by atoms with E-state index in [0.29, 0.717) is 5.69 Å². The first-order valence-corrected chi connectivity index (χ1v) is 5.64. The van der Waals surface area contributed by atoms with Crippen LogP contribution in [0.4, 0.5) is 5.69 Å². The van der Waals surface area contributed by atoms with Crippen molar-refractivity contribution in [3.8, 4) is 11.1 Å². The molecule has 0 atom stereocenters. The zero-order valence-corrected chi connectivity index (χ0v) is 10.2. The van der Waals surface area contributed by atoms with Crippen LogP contribution in [0.15, 0.2) is 54.6 Å². The monoisotopic (exact) mass is 245 g/mol. The van der Waals surface area contributed by atoms with E-state index in [4.69, 9.17) is 11.8 Å². The molecule has 2 aromatic carbocycles. The molecule has 86 valence electrons. The van der Waals surface area contributed by atoms with Crippen LogP contribution in [0.3, 0.4) is 0 Å². The van der Waals surface area contributed by atoms with E-state index in [0.717, 1.165) is 15.5 Å². The van der Waals surface area contributed by atoms with Crippen molar-refractivity contribution in [1.29, 1.82) is 0 Å². The Labute approximate surface area is 106 Å². The molecule has 0 heterocycles. The fraction of sp³-hybridized carbons (Fsp3) is 0.0714. The molecule has 0 spiro atoms. The number of carbonyl (C=O) groups excluding carboxylic acids is 1. The molecule has 0 fully saturated rings. The Bertz CT molecular complexity index is 508. The molecule has 0 aliphatic carbocycles. The van der Waals surface area contributed by atoms with Gasteiger partial charge in [-0.15, -0.1) is 0 Å². The number of nitrogens with zero attached hydrogens (tertiary/aromatic N) is 1. The molecular weight excluding hydrogens is 234 g/mol. The molecule has 17 heavy (non-hydrogen) atoms. The number of amides is 1. The second kappa shape index (κ2) is 5.02. The lowest BCUT2D eigenvalue weighted by Crippen LogP contribution is -2.16. The average molecular weight is 246 g/mol. The van der Waals surface area contributed by atoms with Crippen LogP contribution >= 0.6 is 11.8 Å². The molecule has 0 bridgehead atoms. The topological polar surface area (TPSA) is 20.3 Å². The first-order chi connectivity index (χ1) is 8.18. The minimum atomic E-state index is -0.195. The Hall–Kier alpha value is -1.80. The van der Waals surface area contributed by atoms with Gasteiger partial charge in [-0.05, 0) is 23.3 Å². The molecule has 2 rings (SSSR count). The summed E-state index contributed by atoms with van der Waals surface area (Å²) >= 11 is 5.82. The standard InChI is InChI=1S/C14H12ClNO/c1-11(17)16(15)14-9-7-13(8-10-14)12-5-3-2-4-6-12/h2-10H,1H3. The number of hydrogen-bond donors (Lipinski definition) is 0. The molecule has 2 aromatic rings. The summed E-state index contributed by atoms with van der Waals surface area (Å²) in [4.78, 5) is 11.1. The maximum Gasteiger partial charge on any atom is 0.238 e. The molecule has 0 radical (unpaired) electrons. The highest BCUT2D eigenvalue weighted by Crippen LogP contribution is 2.23. The Morgan fingerprint density at radius 2 is 1.47 bits per heavy atom. The van der Waals surface area contributed by atoms with Gasteiger partial charge >= 0.3 is 0 Å². The third kappa shape index (κ3) is 2.66. The van der Waals surface area contributed by atoms with Gasteiger partial charge in [-0.2, -0.15) is 0 Å². The largest absolute Gasteiger partial charge is 0.274 e. The number of carbonyl (C=O) groups is 1. The van der Waals surface area contributed by atoms with Crippen LogP contribution in [-0.2, 0) is 4.79 Å². The van der Waals surface area contributed by atoms with Crippen molar-refractivity contribution >= 4 is 23.4 Å². The van der Waals surface area contributed by atoms with E-state index in [-0.39, 0.29) is 5.91 Å². The number of halogens is 1. The average Bonchev–Trinajstić information content (AvgIpc) is 2.39. The minimum absolute atomic E-state index is 0.195. The van der Waals surface area contributed by atoms with Crippen molar-refractivity contribution in [1.82, 2.24) is 0 Å². The smallest absolute Gasteiger partial charge is 0.238 e. The lowest BCUT2D eigenvalue weighted by atomic mass is 10.1. The summed E-state index contributed by atoms with van der Waals surface area (Å²) in [7, 11) is 0. The van der Waals surface area contributed by atoms with Gasteiger partial charge in [0.25, 0.3) is 0 Å². The predicted octanol–water partition coefficient (Wildman–Crippen LogP) is 3.86. The third-order valence-electron chi connectivity index (χ3n) is 2.48. The summed E-state index contributed by atoms with van der Waals surface area (Å²) in [5.41, 5.74) is 2.92. The summed E-state index contributed by atoms with van der Waals surface area (Å²) in [5, 5.41) is 0. The van der Waals surface area contributed by atoms with E-state index in [2.05, 4.69) is 0 Å². The molecular formula is C14H12ClNO. The highest BCUT2D eigenvalue weighted by molar-refractivity contribution is 6.36. The van der Waals surface area contributed by atoms with Crippen molar-refractivity contribution in [2.75, 3.05) is 4.42 Å². The first-order valence-electron chi connectivity index (χ1n) is 5.30. The van der Waals surface area contributed by atoms with Gasteiger partial charge < -0.3 is 0 Å². The zero-order valence-electron chi connectivity index (χ0n) is 9.43. The van der Waals surface area contributed by atoms with E-state index in [1.807, 2.05) is 54.6 Å². The molecule has 0 unspecified atom stereocenters. The normalized spacial score (nSPS) is 10.0. The molecule has 3 heteroatoms. The lowest BCUT2D eigenvalue weighted by molar-refractivity contribution is -0.115. The van der Waals surface area contributed by atoms with Crippen molar-refractivity contribution in [3.05, 3.63) is 54.6 Å². The second-order valence-corrected chi connectivity index (χ2v) is 4.05. The van der Waals surface area contributed by atoms with Gasteiger partial charge in [0, 0.05) is 18.7 Å². The Morgan fingerprint density at radius 1 is 0.941 bits per heavy atom. The van der Waals surface area contributed by atoms with Gasteiger partial charge in [0.2, 0.25) is 5.91 Å². The van der Waals surface area contributed by atoms with Gasteiger partial charge in [-0.3, -0.25) is 4.79 Å². The van der Waals surface area contributed by atoms with E-state index in [1.165, 1.54) is 6.92 Å². The molecule has 0 aromatic heterocycles. The Balaban J connectivity index is 2.28. The highest BCUT2D eigenvalue weighted by Gasteiger charge is 2.07. The second-order valence-electron chi connectivity index (χ2n) is 3.71. The fourth-order valence-corrected chi connectivity index (χ4v) is 1.71. The molecule has 1 amide bonds. The van der Waals surface area contributed by atoms with Crippen LogP contribution < -0.4 is 4.42 Å². The van der Waals surface area contributed by atoms with Crippen molar-refractivity contribution < 1.29 is 4.79 Å². The summed E-state index contributed by atoms with van der Waals surface area (Å²) in [6.07, 6.45) is 0. The lowest BCUT2D eigenvalue weighted by Gasteiger charge is -2.11. The molecule has 0 aliphatic heterocycles. The predicted molar refractivity (Wildman–Crippen MR) is 70.9 cm³/mol. The number of rotatable bonds is 2. The number of anilines is 1. The highest BCUT2D eigenvalue weighted by atomic mass is 35.5. The molecule has 0 saturated carbocycles. The quantitative estimate of drug-likeness (QED) is 0.736. The fourth-order valence-electron chi connectivity index (χ4n) is 1.60. The Morgan fingerprint density at radius 3 is 2.00 bits per heavy atom. The van der Waals surface area contributed by atoms with Gasteiger partial charge in [0.15, 0.2) is 0 Å². The van der Waals surface area contributed by atoms with Crippen LogP contribution in [0.2, 0.25) is 0 Å². The van der Waals surface area contributed by atoms with Crippen LogP contribution in [0.1, 0.15) is 6.92 Å². The minimum Gasteiger partial charge on any atom is -0.274 e. The molecule has 0 N–H and O–H groups in total. The van der Waals surface area contributed by atoms with Gasteiger partial charge in [-0.25, -0.2) is 4.42 Å². The van der Waals surface area contributed by atoms with E-state index in [9.17, 15) is 4.79 Å². The van der Waals surface area contributed by atoms with E-state index < -0.39 is 0 Å². The van der Waals surface area contributed by atoms with Crippen LogP contribution in [-0.4, -0.2) is 5.91 Å².